The molecule has 0 aliphatic rings. The highest BCUT2D eigenvalue weighted by Gasteiger charge is 2.19. The van der Waals surface area contributed by atoms with E-state index in [1.54, 1.807) is 6.07 Å². The smallest absolute Gasteiger partial charge is 0.324 e. The molecule has 0 saturated carbocycles. The minimum Gasteiger partial charge on any atom is -0.380 e. The van der Waals surface area contributed by atoms with Gasteiger partial charge in [0.15, 0.2) is 0 Å². The van der Waals surface area contributed by atoms with Crippen molar-refractivity contribution in [2.45, 2.75) is 25.8 Å². The van der Waals surface area contributed by atoms with Crippen molar-refractivity contribution in [3.8, 4) is 6.07 Å². The van der Waals surface area contributed by atoms with Crippen molar-refractivity contribution in [3.05, 3.63) is 57.0 Å². The van der Waals surface area contributed by atoms with Gasteiger partial charge in [0.1, 0.15) is 0 Å². The van der Waals surface area contributed by atoms with Gasteiger partial charge in [0, 0.05) is 23.2 Å². The molecule has 0 saturated heterocycles. The summed E-state index contributed by atoms with van der Waals surface area (Å²) in [5.74, 6) is 0. The molecule has 5 nitrogen and oxygen atoms in total. The van der Waals surface area contributed by atoms with Gasteiger partial charge in [0.2, 0.25) is 0 Å². The van der Waals surface area contributed by atoms with Gasteiger partial charge in [-0.1, -0.05) is 23.5 Å². The molecule has 0 spiro atoms. The van der Waals surface area contributed by atoms with Crippen LogP contribution < -0.4 is 5.32 Å². The molecule has 1 aromatic carbocycles. The fraction of sp³-hybridized carbons (Fsp3) is 0.267. The van der Waals surface area contributed by atoms with E-state index in [-0.39, 0.29) is 9.92 Å². The first-order chi connectivity index (χ1) is 9.92. The number of nitrogens with zero attached hydrogens (tertiary/aromatic N) is 2. The zero-order valence-corrected chi connectivity index (χ0v) is 12.6. The number of hydrogen-bond acceptors (Lipinski definition) is 5. The molecule has 0 radical (unpaired) electrons. The lowest BCUT2D eigenvalue weighted by atomic mass is 9.86. The number of benzene rings is 1. The summed E-state index contributed by atoms with van der Waals surface area (Å²) in [6.45, 7) is 4.29. The van der Waals surface area contributed by atoms with E-state index < -0.39 is 5.41 Å². The molecule has 0 aliphatic carbocycles. The van der Waals surface area contributed by atoms with Crippen LogP contribution in [0.15, 0.2) is 36.4 Å². The topological polar surface area (TPSA) is 79.0 Å². The zero-order chi connectivity index (χ0) is 15.5. The summed E-state index contributed by atoms with van der Waals surface area (Å²) in [6, 6.07) is 13.2. The largest absolute Gasteiger partial charge is 0.380 e. The molecule has 1 heterocycles. The van der Waals surface area contributed by atoms with Crippen LogP contribution >= 0.6 is 11.3 Å². The Hall–Kier alpha value is -2.39. The van der Waals surface area contributed by atoms with Gasteiger partial charge in [-0.3, -0.25) is 10.1 Å². The standard InChI is InChI=1S/C15H15N3O2S/c1-15(2,10-16)11-3-5-12(6-4-11)17-9-13-7-8-14(21-13)18(19)20/h3-8,17H,9H2,1-2H3. The monoisotopic (exact) mass is 301 g/mol. The molecule has 0 aliphatic heterocycles. The van der Waals surface area contributed by atoms with Crippen molar-refractivity contribution >= 4 is 22.0 Å². The third-order valence-corrected chi connectivity index (χ3v) is 4.22. The lowest BCUT2D eigenvalue weighted by Crippen LogP contribution is -2.13. The highest BCUT2D eigenvalue weighted by molar-refractivity contribution is 7.15. The molecule has 6 heteroatoms. The summed E-state index contributed by atoms with van der Waals surface area (Å²) in [5.41, 5.74) is 1.37. The van der Waals surface area contributed by atoms with E-state index in [0.717, 1.165) is 16.1 Å². The first-order valence-corrected chi connectivity index (χ1v) is 7.23. The lowest BCUT2D eigenvalue weighted by molar-refractivity contribution is -0.380. The molecule has 108 valence electrons. The first-order valence-electron chi connectivity index (χ1n) is 6.41. The molecule has 1 aromatic heterocycles. The van der Waals surface area contributed by atoms with E-state index in [0.29, 0.717) is 6.54 Å². The number of rotatable bonds is 5. The van der Waals surface area contributed by atoms with Crippen LogP contribution in [0.25, 0.3) is 0 Å². The van der Waals surface area contributed by atoms with Gasteiger partial charge in [0.05, 0.1) is 16.4 Å². The number of nitriles is 1. The molecule has 21 heavy (non-hydrogen) atoms. The van der Waals surface area contributed by atoms with Gasteiger partial charge in [0.25, 0.3) is 0 Å². The fourth-order valence-corrected chi connectivity index (χ4v) is 2.58. The van der Waals surface area contributed by atoms with Crippen LogP contribution in [0.1, 0.15) is 24.3 Å². The van der Waals surface area contributed by atoms with E-state index in [1.165, 1.54) is 17.4 Å². The minimum atomic E-state index is -0.507. The molecular formula is C15H15N3O2S. The van der Waals surface area contributed by atoms with Crippen LogP contribution in [-0.2, 0) is 12.0 Å². The predicted molar refractivity (Wildman–Crippen MR) is 83.4 cm³/mol. The van der Waals surface area contributed by atoms with Gasteiger partial charge in [-0.15, -0.1) is 0 Å². The van der Waals surface area contributed by atoms with E-state index in [4.69, 9.17) is 5.26 Å². The molecule has 2 rings (SSSR count). The highest BCUT2D eigenvalue weighted by atomic mass is 32.1. The second kappa shape index (κ2) is 5.94. The van der Waals surface area contributed by atoms with Crippen molar-refractivity contribution in [1.29, 1.82) is 5.26 Å². The van der Waals surface area contributed by atoms with E-state index in [2.05, 4.69) is 11.4 Å². The van der Waals surface area contributed by atoms with E-state index >= 15 is 0 Å². The van der Waals surface area contributed by atoms with Gasteiger partial charge < -0.3 is 5.32 Å². The molecule has 0 unspecified atom stereocenters. The Kier molecular flexibility index (Phi) is 4.24. The summed E-state index contributed by atoms with van der Waals surface area (Å²) in [6.07, 6.45) is 0. The summed E-state index contributed by atoms with van der Waals surface area (Å²) < 4.78 is 0. The summed E-state index contributed by atoms with van der Waals surface area (Å²) in [7, 11) is 0. The van der Waals surface area contributed by atoms with Gasteiger partial charge in [-0.2, -0.15) is 5.26 Å². The third-order valence-electron chi connectivity index (χ3n) is 3.18. The van der Waals surface area contributed by atoms with Crippen LogP contribution in [-0.4, -0.2) is 4.92 Å². The van der Waals surface area contributed by atoms with Crippen molar-refractivity contribution in [1.82, 2.24) is 0 Å². The summed E-state index contributed by atoms with van der Waals surface area (Å²) in [4.78, 5) is 11.1. The van der Waals surface area contributed by atoms with Gasteiger partial charge in [-0.05, 0) is 37.6 Å². The Bertz CT molecular complexity index is 684. The minimum absolute atomic E-state index is 0.151. The van der Waals surface area contributed by atoms with Gasteiger partial charge in [-0.25, -0.2) is 0 Å². The second-order valence-electron chi connectivity index (χ2n) is 5.16. The summed E-state index contributed by atoms with van der Waals surface area (Å²) >= 11 is 1.17. The molecule has 2 aromatic rings. The van der Waals surface area contributed by atoms with E-state index in [9.17, 15) is 10.1 Å². The number of nitro groups is 1. The molecule has 1 N–H and O–H groups in total. The Balaban J connectivity index is 2.01. The molecule has 0 fully saturated rings. The average Bonchev–Trinajstić information content (AvgIpc) is 2.95. The average molecular weight is 301 g/mol. The molecular weight excluding hydrogens is 286 g/mol. The fourth-order valence-electron chi connectivity index (χ4n) is 1.82. The Morgan fingerprint density at radius 1 is 1.29 bits per heavy atom. The maximum atomic E-state index is 10.6. The molecule has 0 atom stereocenters. The number of thiophene rings is 1. The second-order valence-corrected chi connectivity index (χ2v) is 6.31. The molecule has 0 amide bonds. The summed E-state index contributed by atoms with van der Waals surface area (Å²) in [5, 5.41) is 23.1. The van der Waals surface area contributed by atoms with Crippen molar-refractivity contribution in [2.24, 2.45) is 0 Å². The maximum Gasteiger partial charge on any atom is 0.324 e. The maximum absolute atomic E-state index is 10.6. The SMILES string of the molecule is CC(C)(C#N)c1ccc(NCc2ccc([N+](=O)[O-])s2)cc1. The van der Waals surface area contributed by atoms with Crippen molar-refractivity contribution < 1.29 is 4.92 Å². The van der Waals surface area contributed by atoms with Crippen LogP contribution in [0, 0.1) is 21.4 Å². The zero-order valence-electron chi connectivity index (χ0n) is 11.8. The Labute approximate surface area is 127 Å². The quantitative estimate of drug-likeness (QED) is 0.667. The number of nitrogens with one attached hydrogen (secondary N) is 1. The Morgan fingerprint density at radius 2 is 1.95 bits per heavy atom. The van der Waals surface area contributed by atoms with E-state index in [1.807, 2.05) is 38.1 Å². The predicted octanol–water partition coefficient (Wildman–Crippen LogP) is 4.07. The Morgan fingerprint density at radius 3 is 2.48 bits per heavy atom. The highest BCUT2D eigenvalue weighted by Crippen LogP contribution is 2.26. The normalized spacial score (nSPS) is 10.9. The van der Waals surface area contributed by atoms with Crippen molar-refractivity contribution in [2.75, 3.05) is 5.32 Å². The van der Waals surface area contributed by atoms with Gasteiger partial charge >= 0.3 is 5.00 Å². The van der Waals surface area contributed by atoms with Crippen LogP contribution in [0.4, 0.5) is 10.7 Å². The first kappa shape index (κ1) is 15.0. The van der Waals surface area contributed by atoms with Crippen molar-refractivity contribution in [3.63, 3.8) is 0 Å². The number of anilines is 1. The number of hydrogen-bond donors (Lipinski definition) is 1. The van der Waals surface area contributed by atoms with Crippen LogP contribution in [0.5, 0.6) is 0 Å². The third kappa shape index (κ3) is 3.58. The van der Waals surface area contributed by atoms with Crippen LogP contribution in [0.3, 0.4) is 0 Å². The van der Waals surface area contributed by atoms with Crippen LogP contribution in [0.2, 0.25) is 0 Å². The molecule has 0 bridgehead atoms. The lowest BCUT2D eigenvalue weighted by Gasteiger charge is -2.16.